The van der Waals surface area contributed by atoms with Crippen molar-refractivity contribution in [3.05, 3.63) is 41.6 Å². The second-order valence-corrected chi connectivity index (χ2v) is 5.92. The molecule has 1 aromatic carbocycles. The Bertz CT molecular complexity index is 699. The number of nitrogens with zero attached hydrogens (tertiary/aromatic N) is 3. The van der Waals surface area contributed by atoms with Crippen LogP contribution in [0.5, 0.6) is 0 Å². The summed E-state index contributed by atoms with van der Waals surface area (Å²) in [7, 11) is 0. The fraction of sp³-hybridized carbons (Fsp3) is 0.312. The van der Waals surface area contributed by atoms with Gasteiger partial charge in [-0.1, -0.05) is 20.8 Å². The lowest BCUT2D eigenvalue weighted by atomic mass is 9.92. The SMILES string of the molecule is CC(=O)Nc1cc(C(C)(C)C)nn1-c1ccc(C#N)cc1. The molecule has 0 spiro atoms. The summed E-state index contributed by atoms with van der Waals surface area (Å²) in [5.41, 5.74) is 2.15. The summed E-state index contributed by atoms with van der Waals surface area (Å²) in [6.45, 7) is 7.66. The highest BCUT2D eigenvalue weighted by Crippen LogP contribution is 2.26. The molecule has 108 valence electrons. The lowest BCUT2D eigenvalue weighted by Gasteiger charge is -2.14. The molecule has 0 unspecified atom stereocenters. The molecule has 0 bridgehead atoms. The number of benzene rings is 1. The van der Waals surface area contributed by atoms with Crippen LogP contribution in [0.4, 0.5) is 5.82 Å². The third kappa shape index (κ3) is 3.29. The minimum absolute atomic E-state index is 0.120. The van der Waals surface area contributed by atoms with Gasteiger partial charge in [-0.15, -0.1) is 0 Å². The number of hydrogen-bond donors (Lipinski definition) is 1. The highest BCUT2D eigenvalue weighted by molar-refractivity contribution is 5.88. The molecule has 1 heterocycles. The fourth-order valence-corrected chi connectivity index (χ4v) is 1.89. The number of nitriles is 1. The van der Waals surface area contributed by atoms with E-state index in [1.165, 1.54) is 6.92 Å². The Morgan fingerprint density at radius 1 is 1.29 bits per heavy atom. The van der Waals surface area contributed by atoms with Crippen molar-refractivity contribution in [1.29, 1.82) is 5.26 Å². The van der Waals surface area contributed by atoms with Gasteiger partial charge in [0.15, 0.2) is 0 Å². The molecule has 21 heavy (non-hydrogen) atoms. The van der Waals surface area contributed by atoms with Crippen LogP contribution in [0.2, 0.25) is 0 Å². The van der Waals surface area contributed by atoms with Gasteiger partial charge in [-0.2, -0.15) is 10.4 Å². The first kappa shape index (κ1) is 14.8. The molecule has 1 N–H and O–H groups in total. The zero-order valence-corrected chi connectivity index (χ0v) is 12.6. The van der Waals surface area contributed by atoms with Crippen molar-refractivity contribution in [3.63, 3.8) is 0 Å². The van der Waals surface area contributed by atoms with Gasteiger partial charge in [0.25, 0.3) is 0 Å². The van der Waals surface area contributed by atoms with Gasteiger partial charge in [-0.3, -0.25) is 4.79 Å². The maximum atomic E-state index is 11.4. The third-order valence-electron chi connectivity index (χ3n) is 3.02. The molecule has 0 aliphatic rings. The van der Waals surface area contributed by atoms with Crippen molar-refractivity contribution in [1.82, 2.24) is 9.78 Å². The highest BCUT2D eigenvalue weighted by atomic mass is 16.1. The van der Waals surface area contributed by atoms with Crippen LogP contribution in [0.1, 0.15) is 39.0 Å². The number of aromatic nitrogens is 2. The molecule has 0 radical (unpaired) electrons. The Kier molecular flexibility index (Phi) is 3.81. The van der Waals surface area contributed by atoms with Gasteiger partial charge >= 0.3 is 0 Å². The standard InChI is InChI=1S/C16H18N4O/c1-11(21)18-15-9-14(16(2,3)4)19-20(15)13-7-5-12(10-17)6-8-13/h5-9H,1-4H3,(H,18,21). The Morgan fingerprint density at radius 3 is 2.38 bits per heavy atom. The second kappa shape index (κ2) is 5.41. The summed E-state index contributed by atoms with van der Waals surface area (Å²) < 4.78 is 1.68. The molecule has 2 rings (SSSR count). The van der Waals surface area contributed by atoms with Crippen molar-refractivity contribution in [2.24, 2.45) is 0 Å². The van der Waals surface area contributed by atoms with Gasteiger partial charge in [0.1, 0.15) is 5.82 Å². The van der Waals surface area contributed by atoms with Crippen molar-refractivity contribution < 1.29 is 4.79 Å². The van der Waals surface area contributed by atoms with Crippen LogP contribution in [-0.2, 0) is 10.2 Å². The fourth-order valence-electron chi connectivity index (χ4n) is 1.89. The van der Waals surface area contributed by atoms with Crippen LogP contribution in [0.3, 0.4) is 0 Å². The maximum Gasteiger partial charge on any atom is 0.222 e. The van der Waals surface area contributed by atoms with Crippen LogP contribution >= 0.6 is 0 Å². The van der Waals surface area contributed by atoms with Gasteiger partial charge in [-0.25, -0.2) is 4.68 Å². The largest absolute Gasteiger partial charge is 0.311 e. The minimum atomic E-state index is -0.148. The first-order chi connectivity index (χ1) is 9.81. The van der Waals surface area contributed by atoms with E-state index in [9.17, 15) is 4.79 Å². The molecule has 5 nitrogen and oxygen atoms in total. The summed E-state index contributed by atoms with van der Waals surface area (Å²) >= 11 is 0. The van der Waals surface area contributed by atoms with Gasteiger partial charge in [-0.05, 0) is 24.3 Å². The second-order valence-electron chi connectivity index (χ2n) is 5.92. The Hall–Kier alpha value is -2.61. The molecule has 1 aromatic heterocycles. The van der Waals surface area contributed by atoms with Crippen molar-refractivity contribution >= 4 is 11.7 Å². The number of nitrogens with one attached hydrogen (secondary N) is 1. The van der Waals surface area contributed by atoms with E-state index in [2.05, 4.69) is 37.3 Å². The van der Waals surface area contributed by atoms with E-state index in [0.717, 1.165) is 11.4 Å². The summed E-state index contributed by atoms with van der Waals surface area (Å²) in [4.78, 5) is 11.4. The van der Waals surface area contributed by atoms with E-state index < -0.39 is 0 Å². The topological polar surface area (TPSA) is 70.7 Å². The summed E-state index contributed by atoms with van der Waals surface area (Å²) in [5.74, 6) is 0.474. The average Bonchev–Trinajstić information content (AvgIpc) is 2.82. The summed E-state index contributed by atoms with van der Waals surface area (Å²) in [5, 5.41) is 16.2. The molecule has 1 amide bonds. The molecule has 5 heteroatoms. The van der Waals surface area contributed by atoms with Crippen LogP contribution in [-0.4, -0.2) is 15.7 Å². The first-order valence-corrected chi connectivity index (χ1v) is 6.70. The minimum Gasteiger partial charge on any atom is -0.311 e. The van der Waals surface area contributed by atoms with E-state index in [1.54, 1.807) is 16.8 Å². The molecular weight excluding hydrogens is 264 g/mol. The van der Waals surface area contributed by atoms with E-state index >= 15 is 0 Å². The quantitative estimate of drug-likeness (QED) is 0.920. The number of anilines is 1. The van der Waals surface area contributed by atoms with Gasteiger partial charge in [0.05, 0.1) is 23.0 Å². The first-order valence-electron chi connectivity index (χ1n) is 6.70. The van der Waals surface area contributed by atoms with Gasteiger partial charge in [0.2, 0.25) is 5.91 Å². The highest BCUT2D eigenvalue weighted by Gasteiger charge is 2.20. The van der Waals surface area contributed by atoms with Gasteiger partial charge < -0.3 is 5.32 Å². The predicted octanol–water partition coefficient (Wildman–Crippen LogP) is 3.00. The number of amides is 1. The van der Waals surface area contributed by atoms with Gasteiger partial charge in [0, 0.05) is 18.4 Å². The average molecular weight is 282 g/mol. The van der Waals surface area contributed by atoms with Crippen molar-refractivity contribution in [2.45, 2.75) is 33.1 Å². The maximum absolute atomic E-state index is 11.4. The molecular formula is C16H18N4O. The molecule has 0 saturated heterocycles. The van der Waals surface area contributed by atoms with Crippen LogP contribution < -0.4 is 5.32 Å². The monoisotopic (exact) mass is 282 g/mol. The number of hydrogen-bond acceptors (Lipinski definition) is 3. The lowest BCUT2D eigenvalue weighted by molar-refractivity contribution is -0.114. The predicted molar refractivity (Wildman–Crippen MR) is 81.3 cm³/mol. The smallest absolute Gasteiger partial charge is 0.222 e. The number of carbonyl (C=O) groups excluding carboxylic acids is 1. The van der Waals surface area contributed by atoms with E-state index in [-0.39, 0.29) is 11.3 Å². The van der Waals surface area contributed by atoms with E-state index in [4.69, 9.17) is 5.26 Å². The molecule has 0 saturated carbocycles. The lowest BCUT2D eigenvalue weighted by Crippen LogP contribution is -2.13. The van der Waals surface area contributed by atoms with Crippen LogP contribution in [0.25, 0.3) is 5.69 Å². The Morgan fingerprint density at radius 2 is 1.90 bits per heavy atom. The van der Waals surface area contributed by atoms with E-state index in [0.29, 0.717) is 11.4 Å². The molecule has 0 atom stereocenters. The Balaban J connectivity index is 2.51. The molecule has 2 aromatic rings. The summed E-state index contributed by atoms with van der Waals surface area (Å²) in [6, 6.07) is 11.0. The van der Waals surface area contributed by atoms with Crippen molar-refractivity contribution in [3.8, 4) is 11.8 Å². The zero-order valence-electron chi connectivity index (χ0n) is 12.6. The van der Waals surface area contributed by atoms with Crippen LogP contribution in [0, 0.1) is 11.3 Å². The normalized spacial score (nSPS) is 11.0. The summed E-state index contributed by atoms with van der Waals surface area (Å²) in [6.07, 6.45) is 0. The number of rotatable bonds is 2. The third-order valence-corrected chi connectivity index (χ3v) is 3.02. The van der Waals surface area contributed by atoms with Crippen LogP contribution in [0.15, 0.2) is 30.3 Å². The molecule has 0 fully saturated rings. The number of carbonyl (C=O) groups is 1. The zero-order chi connectivity index (χ0) is 15.6. The molecule has 0 aliphatic heterocycles. The van der Waals surface area contributed by atoms with Crippen molar-refractivity contribution in [2.75, 3.05) is 5.32 Å². The molecule has 0 aliphatic carbocycles. The van der Waals surface area contributed by atoms with E-state index in [1.807, 2.05) is 18.2 Å². The Labute approximate surface area is 124 Å².